The summed E-state index contributed by atoms with van der Waals surface area (Å²) in [5, 5.41) is 0.469. The van der Waals surface area contributed by atoms with Crippen LogP contribution in [0.15, 0.2) is 36.4 Å². The third-order valence-electron chi connectivity index (χ3n) is 2.71. The molecule has 0 radical (unpaired) electrons. The van der Waals surface area contributed by atoms with Crippen LogP contribution < -0.4 is 10.5 Å². The van der Waals surface area contributed by atoms with Gasteiger partial charge in [0.25, 0.3) is 0 Å². The second-order valence-corrected chi connectivity index (χ2v) is 4.70. The molecule has 2 aromatic carbocycles. The standard InChI is InChI=1S/C14H11ClF3NO/c1-8-2-4-10(15)7-13(8)20-12-5-3-9(6-11(12)19)14(16,17)18/h2-7H,19H2,1H3. The van der Waals surface area contributed by atoms with Gasteiger partial charge in [-0.1, -0.05) is 17.7 Å². The van der Waals surface area contributed by atoms with Gasteiger partial charge in [-0.2, -0.15) is 13.2 Å². The molecule has 0 aliphatic rings. The Morgan fingerprint density at radius 3 is 2.35 bits per heavy atom. The van der Waals surface area contributed by atoms with Crippen molar-refractivity contribution in [1.82, 2.24) is 0 Å². The van der Waals surface area contributed by atoms with Gasteiger partial charge in [0, 0.05) is 5.02 Å². The SMILES string of the molecule is Cc1ccc(Cl)cc1Oc1ccc(C(F)(F)F)cc1N. The summed E-state index contributed by atoms with van der Waals surface area (Å²) in [5.41, 5.74) is 5.50. The van der Waals surface area contributed by atoms with Gasteiger partial charge in [-0.3, -0.25) is 0 Å². The maximum Gasteiger partial charge on any atom is 0.416 e. The van der Waals surface area contributed by atoms with E-state index in [2.05, 4.69) is 0 Å². The first-order chi connectivity index (χ1) is 9.27. The van der Waals surface area contributed by atoms with Crippen LogP contribution in [0.1, 0.15) is 11.1 Å². The molecule has 0 amide bonds. The Morgan fingerprint density at radius 2 is 1.75 bits per heavy atom. The van der Waals surface area contributed by atoms with E-state index in [0.717, 1.165) is 17.7 Å². The molecule has 0 spiro atoms. The Balaban J connectivity index is 2.33. The zero-order chi connectivity index (χ0) is 14.9. The van der Waals surface area contributed by atoms with Gasteiger partial charge in [0.2, 0.25) is 0 Å². The molecule has 0 atom stereocenters. The number of nitrogens with two attached hydrogens (primary N) is 1. The highest BCUT2D eigenvalue weighted by atomic mass is 35.5. The lowest BCUT2D eigenvalue weighted by Crippen LogP contribution is -2.06. The van der Waals surface area contributed by atoms with Crippen LogP contribution in [0.3, 0.4) is 0 Å². The van der Waals surface area contributed by atoms with Crippen molar-refractivity contribution in [2.75, 3.05) is 5.73 Å². The van der Waals surface area contributed by atoms with Gasteiger partial charge in [0.15, 0.2) is 0 Å². The maximum absolute atomic E-state index is 12.5. The summed E-state index contributed by atoms with van der Waals surface area (Å²) < 4.78 is 43.1. The Hall–Kier alpha value is -1.88. The average Bonchev–Trinajstić information content (AvgIpc) is 2.35. The summed E-state index contributed by atoms with van der Waals surface area (Å²) in [5.74, 6) is 0.604. The zero-order valence-electron chi connectivity index (χ0n) is 10.5. The molecule has 106 valence electrons. The Labute approximate surface area is 118 Å². The van der Waals surface area contributed by atoms with E-state index in [-0.39, 0.29) is 11.4 Å². The topological polar surface area (TPSA) is 35.2 Å². The third kappa shape index (κ3) is 3.17. The van der Waals surface area contributed by atoms with Crippen LogP contribution in [-0.4, -0.2) is 0 Å². The highest BCUT2D eigenvalue weighted by Crippen LogP contribution is 2.36. The number of nitrogen functional groups attached to an aromatic ring is 1. The normalized spacial score (nSPS) is 11.4. The van der Waals surface area contributed by atoms with Crippen molar-refractivity contribution in [2.24, 2.45) is 0 Å². The minimum absolute atomic E-state index is 0.0841. The van der Waals surface area contributed by atoms with Crippen LogP contribution in [0.2, 0.25) is 5.02 Å². The fraction of sp³-hybridized carbons (Fsp3) is 0.143. The Morgan fingerprint density at radius 1 is 1.05 bits per heavy atom. The molecule has 0 aliphatic carbocycles. The van der Waals surface area contributed by atoms with Crippen LogP contribution in [0.4, 0.5) is 18.9 Å². The predicted octanol–water partition coefficient (Wildman–Crippen LogP) is 5.04. The van der Waals surface area contributed by atoms with Crippen LogP contribution in [0.25, 0.3) is 0 Å². The van der Waals surface area contributed by atoms with Crippen LogP contribution in [0.5, 0.6) is 11.5 Å². The molecule has 2 aromatic rings. The third-order valence-corrected chi connectivity index (χ3v) is 2.94. The molecule has 0 fully saturated rings. The van der Waals surface area contributed by atoms with Gasteiger partial charge in [-0.25, -0.2) is 0 Å². The smallest absolute Gasteiger partial charge is 0.416 e. The summed E-state index contributed by atoms with van der Waals surface area (Å²) in [7, 11) is 0. The average molecular weight is 302 g/mol. The monoisotopic (exact) mass is 301 g/mol. The van der Waals surface area contributed by atoms with E-state index in [1.807, 2.05) is 0 Å². The number of anilines is 1. The van der Waals surface area contributed by atoms with Crippen molar-refractivity contribution in [2.45, 2.75) is 13.1 Å². The summed E-state index contributed by atoms with van der Waals surface area (Å²) >= 11 is 5.85. The molecule has 0 aliphatic heterocycles. The van der Waals surface area contributed by atoms with Gasteiger partial charge in [-0.15, -0.1) is 0 Å². The first kappa shape index (κ1) is 14.5. The van der Waals surface area contributed by atoms with Gasteiger partial charge < -0.3 is 10.5 Å². The second kappa shape index (κ2) is 5.25. The lowest BCUT2D eigenvalue weighted by atomic mass is 10.1. The molecule has 2 nitrogen and oxygen atoms in total. The minimum atomic E-state index is -4.43. The number of aryl methyl sites for hydroxylation is 1. The number of hydrogen-bond acceptors (Lipinski definition) is 2. The zero-order valence-corrected chi connectivity index (χ0v) is 11.2. The summed E-state index contributed by atoms with van der Waals surface area (Å²) in [6.45, 7) is 1.80. The summed E-state index contributed by atoms with van der Waals surface area (Å²) in [6.07, 6.45) is -4.43. The molecular formula is C14H11ClF3NO. The molecule has 2 N–H and O–H groups in total. The molecule has 0 saturated carbocycles. The molecule has 0 bridgehead atoms. The maximum atomic E-state index is 12.5. The van der Waals surface area contributed by atoms with Crippen LogP contribution in [-0.2, 0) is 6.18 Å². The number of benzene rings is 2. The number of hydrogen-bond donors (Lipinski definition) is 1. The second-order valence-electron chi connectivity index (χ2n) is 4.26. The number of ether oxygens (including phenoxy) is 1. The van der Waals surface area contributed by atoms with E-state index >= 15 is 0 Å². The minimum Gasteiger partial charge on any atom is -0.455 e. The Bertz CT molecular complexity index is 641. The van der Waals surface area contributed by atoms with Crippen molar-refractivity contribution in [1.29, 1.82) is 0 Å². The van der Waals surface area contributed by atoms with Crippen LogP contribution >= 0.6 is 11.6 Å². The Kier molecular flexibility index (Phi) is 3.81. The van der Waals surface area contributed by atoms with E-state index in [0.29, 0.717) is 10.8 Å². The quantitative estimate of drug-likeness (QED) is 0.789. The molecule has 0 heterocycles. The van der Waals surface area contributed by atoms with Gasteiger partial charge >= 0.3 is 6.18 Å². The molecule has 20 heavy (non-hydrogen) atoms. The van der Waals surface area contributed by atoms with Crippen molar-refractivity contribution >= 4 is 17.3 Å². The first-order valence-electron chi connectivity index (χ1n) is 5.68. The first-order valence-corrected chi connectivity index (χ1v) is 6.06. The highest BCUT2D eigenvalue weighted by molar-refractivity contribution is 6.30. The fourth-order valence-electron chi connectivity index (χ4n) is 1.62. The molecule has 2 rings (SSSR count). The van der Waals surface area contributed by atoms with Crippen molar-refractivity contribution in [3.8, 4) is 11.5 Å². The molecule has 0 aromatic heterocycles. The highest BCUT2D eigenvalue weighted by Gasteiger charge is 2.31. The van der Waals surface area contributed by atoms with E-state index in [1.54, 1.807) is 25.1 Å². The van der Waals surface area contributed by atoms with E-state index in [1.165, 1.54) is 6.07 Å². The van der Waals surface area contributed by atoms with E-state index in [4.69, 9.17) is 22.1 Å². The van der Waals surface area contributed by atoms with E-state index < -0.39 is 11.7 Å². The van der Waals surface area contributed by atoms with Crippen molar-refractivity contribution in [3.63, 3.8) is 0 Å². The number of rotatable bonds is 2. The molecule has 0 saturated heterocycles. The summed E-state index contributed by atoms with van der Waals surface area (Å²) in [6, 6.07) is 7.98. The number of alkyl halides is 3. The van der Waals surface area contributed by atoms with Crippen LogP contribution in [0, 0.1) is 6.92 Å². The fourth-order valence-corrected chi connectivity index (χ4v) is 1.78. The molecule has 0 unspecified atom stereocenters. The van der Waals surface area contributed by atoms with Gasteiger partial charge in [0.05, 0.1) is 11.3 Å². The largest absolute Gasteiger partial charge is 0.455 e. The lowest BCUT2D eigenvalue weighted by Gasteiger charge is -2.13. The van der Waals surface area contributed by atoms with Crippen molar-refractivity contribution in [3.05, 3.63) is 52.5 Å². The van der Waals surface area contributed by atoms with E-state index in [9.17, 15) is 13.2 Å². The van der Waals surface area contributed by atoms with Gasteiger partial charge in [-0.05, 0) is 42.8 Å². The van der Waals surface area contributed by atoms with Gasteiger partial charge in [0.1, 0.15) is 11.5 Å². The molecule has 6 heteroatoms. The van der Waals surface area contributed by atoms with Crippen molar-refractivity contribution < 1.29 is 17.9 Å². The summed E-state index contributed by atoms with van der Waals surface area (Å²) in [4.78, 5) is 0. The predicted molar refractivity (Wildman–Crippen MR) is 72.1 cm³/mol. The lowest BCUT2D eigenvalue weighted by molar-refractivity contribution is -0.137. The molecular weight excluding hydrogens is 291 g/mol. The number of halogens is 4.